The van der Waals surface area contributed by atoms with E-state index < -0.39 is 23.6 Å². The van der Waals surface area contributed by atoms with Crippen LogP contribution >= 0.6 is 11.6 Å². The van der Waals surface area contributed by atoms with Crippen LogP contribution in [0, 0.1) is 0 Å². The average Bonchev–Trinajstić information content (AvgIpc) is 3.25. The minimum Gasteiger partial charge on any atom is -0.507 e. The number of halogens is 1. The van der Waals surface area contributed by atoms with E-state index in [-0.39, 0.29) is 40.6 Å². The van der Waals surface area contributed by atoms with Crippen LogP contribution in [0.3, 0.4) is 0 Å². The summed E-state index contributed by atoms with van der Waals surface area (Å²) in [5.41, 5.74) is -0.176. The lowest BCUT2D eigenvalue weighted by Crippen LogP contribution is -2.19. The van der Waals surface area contributed by atoms with Gasteiger partial charge in [-0.25, -0.2) is 4.79 Å². The molecule has 2 heterocycles. The van der Waals surface area contributed by atoms with Gasteiger partial charge in [-0.05, 0) is 13.0 Å². The Morgan fingerprint density at radius 2 is 1.96 bits per heavy atom. The van der Waals surface area contributed by atoms with E-state index in [2.05, 4.69) is 0 Å². The van der Waals surface area contributed by atoms with Crippen LogP contribution in [0.2, 0.25) is 5.02 Å². The fourth-order valence-corrected chi connectivity index (χ4v) is 3.00. The Hall–Kier alpha value is -2.31. The zero-order valence-corrected chi connectivity index (χ0v) is 14.2. The van der Waals surface area contributed by atoms with Crippen molar-refractivity contribution in [3.05, 3.63) is 46.5 Å². The third kappa shape index (κ3) is 3.86. The van der Waals surface area contributed by atoms with Gasteiger partial charge in [-0.2, -0.15) is 0 Å². The van der Waals surface area contributed by atoms with Crippen LogP contribution in [0.5, 0.6) is 11.5 Å². The van der Waals surface area contributed by atoms with E-state index in [1.165, 1.54) is 6.08 Å². The molecule has 0 saturated carbocycles. The molecule has 0 bridgehead atoms. The Morgan fingerprint density at radius 1 is 1.20 bits per heavy atom. The molecule has 3 atom stereocenters. The molecular weight excluding hydrogens is 348 g/mol. The van der Waals surface area contributed by atoms with Gasteiger partial charge in [0.15, 0.2) is 5.78 Å². The van der Waals surface area contributed by atoms with Gasteiger partial charge in [0.25, 0.3) is 0 Å². The number of phenols is 2. The van der Waals surface area contributed by atoms with Crippen LogP contribution in [-0.2, 0) is 20.7 Å². The Morgan fingerprint density at radius 3 is 2.72 bits per heavy atom. The number of hydrogen-bond donors (Lipinski definition) is 2. The number of carbonyl (C=O) groups is 2. The van der Waals surface area contributed by atoms with Gasteiger partial charge < -0.3 is 19.7 Å². The van der Waals surface area contributed by atoms with Crippen LogP contribution in [0.25, 0.3) is 0 Å². The van der Waals surface area contributed by atoms with Gasteiger partial charge in [-0.1, -0.05) is 29.8 Å². The van der Waals surface area contributed by atoms with E-state index in [0.29, 0.717) is 6.42 Å². The van der Waals surface area contributed by atoms with Crippen molar-refractivity contribution in [3.8, 4) is 11.5 Å². The summed E-state index contributed by atoms with van der Waals surface area (Å²) >= 11 is 6.05. The summed E-state index contributed by atoms with van der Waals surface area (Å²) < 4.78 is 10.8. The second-order valence-electron chi connectivity index (χ2n) is 6.06. The highest BCUT2D eigenvalue weighted by Gasteiger charge is 2.38. The first-order chi connectivity index (χ1) is 11.9. The van der Waals surface area contributed by atoms with Crippen LogP contribution < -0.4 is 0 Å². The average molecular weight is 365 g/mol. The molecule has 25 heavy (non-hydrogen) atoms. The number of benzene rings is 1. The standard InChI is InChI=1S/C18H17ClO6/c1-9-6-15-14(25-15)5-3-2-4-10(20)7-11-16(18(23)24-9)12(21)8-13(22)17(11)19/h2-5,8-9,14-15,21-22H,6-7H2,1H3/b4-2+,5-3+/t9?,14-,15-/m1/s1. The summed E-state index contributed by atoms with van der Waals surface area (Å²) in [6.07, 6.45) is 6.13. The Kier molecular flexibility index (Phi) is 4.83. The van der Waals surface area contributed by atoms with E-state index >= 15 is 0 Å². The van der Waals surface area contributed by atoms with E-state index in [1.807, 2.05) is 6.08 Å². The Labute approximate surface area is 149 Å². The van der Waals surface area contributed by atoms with Crippen LogP contribution in [0.1, 0.15) is 29.3 Å². The van der Waals surface area contributed by atoms with Crippen molar-refractivity contribution in [2.75, 3.05) is 0 Å². The van der Waals surface area contributed by atoms with Gasteiger partial charge in [0.2, 0.25) is 0 Å². The predicted octanol–water partition coefficient (Wildman–Crippen LogP) is 2.69. The van der Waals surface area contributed by atoms with E-state index in [9.17, 15) is 19.8 Å². The molecule has 1 fully saturated rings. The van der Waals surface area contributed by atoms with Crippen molar-refractivity contribution < 1.29 is 29.3 Å². The van der Waals surface area contributed by atoms with Gasteiger partial charge >= 0.3 is 5.97 Å². The number of hydrogen-bond acceptors (Lipinski definition) is 6. The number of carbonyl (C=O) groups excluding carboxylic acids is 2. The predicted molar refractivity (Wildman–Crippen MR) is 89.9 cm³/mol. The molecule has 0 spiro atoms. The number of aromatic hydroxyl groups is 2. The summed E-state index contributed by atoms with van der Waals surface area (Å²) in [5.74, 6) is -2.04. The molecule has 1 unspecified atom stereocenters. The van der Waals surface area contributed by atoms with E-state index in [0.717, 1.165) is 6.07 Å². The van der Waals surface area contributed by atoms with Crippen molar-refractivity contribution in [1.29, 1.82) is 0 Å². The van der Waals surface area contributed by atoms with Crippen LogP contribution in [0.4, 0.5) is 0 Å². The first kappa shape index (κ1) is 17.5. The third-order valence-corrected chi connectivity index (χ3v) is 4.49. The summed E-state index contributed by atoms with van der Waals surface area (Å²) in [7, 11) is 0. The lowest BCUT2D eigenvalue weighted by atomic mass is 10.00. The largest absolute Gasteiger partial charge is 0.507 e. The molecule has 1 saturated heterocycles. The highest BCUT2D eigenvalue weighted by Crippen LogP contribution is 2.37. The number of esters is 1. The second-order valence-corrected chi connectivity index (χ2v) is 6.44. The van der Waals surface area contributed by atoms with Crippen molar-refractivity contribution in [1.82, 2.24) is 0 Å². The summed E-state index contributed by atoms with van der Waals surface area (Å²) in [6, 6.07) is 0.958. The fraction of sp³-hybridized carbons (Fsp3) is 0.333. The number of ether oxygens (including phenoxy) is 2. The molecule has 2 N–H and O–H groups in total. The normalized spacial score (nSPS) is 29.0. The smallest absolute Gasteiger partial charge is 0.342 e. The lowest BCUT2D eigenvalue weighted by Gasteiger charge is -2.16. The number of epoxide rings is 1. The van der Waals surface area contributed by atoms with E-state index in [4.69, 9.17) is 21.1 Å². The molecule has 0 aromatic heterocycles. The van der Waals surface area contributed by atoms with E-state index in [1.54, 1.807) is 19.1 Å². The maximum atomic E-state index is 12.5. The van der Waals surface area contributed by atoms with Crippen molar-refractivity contribution in [2.24, 2.45) is 0 Å². The molecule has 0 amide bonds. The number of phenolic OH excluding ortho intramolecular Hbond substituents is 2. The van der Waals surface area contributed by atoms with Gasteiger partial charge in [0.05, 0.1) is 11.1 Å². The topological polar surface area (TPSA) is 96.4 Å². The molecule has 2 aliphatic rings. The third-order valence-electron chi connectivity index (χ3n) is 4.06. The highest BCUT2D eigenvalue weighted by molar-refractivity contribution is 6.33. The molecule has 1 aromatic rings. The molecule has 0 aliphatic carbocycles. The molecule has 3 rings (SSSR count). The molecule has 1 aromatic carbocycles. The van der Waals surface area contributed by atoms with Crippen LogP contribution in [0.15, 0.2) is 30.4 Å². The van der Waals surface area contributed by atoms with Gasteiger partial charge in [0.1, 0.15) is 29.3 Å². The number of fused-ring (bicyclic) bond motifs is 2. The second kappa shape index (κ2) is 6.90. The summed E-state index contributed by atoms with van der Waals surface area (Å²) in [6.45, 7) is 1.72. The first-order valence-electron chi connectivity index (χ1n) is 7.84. The molecular formula is C18H17ClO6. The number of cyclic esters (lactones) is 1. The Bertz CT molecular complexity index is 782. The summed E-state index contributed by atoms with van der Waals surface area (Å²) in [5, 5.41) is 19.7. The molecule has 0 radical (unpaired) electrons. The number of rotatable bonds is 0. The maximum Gasteiger partial charge on any atom is 0.342 e. The molecule has 7 heteroatoms. The SMILES string of the molecule is CC1C[C@H]2O[C@@H]2/C=C/C=C/C(=O)Cc2c(Cl)c(O)cc(O)c2C(=O)O1. The zero-order valence-electron chi connectivity index (χ0n) is 13.4. The van der Waals surface area contributed by atoms with Crippen molar-refractivity contribution in [3.63, 3.8) is 0 Å². The van der Waals surface area contributed by atoms with Gasteiger partial charge in [-0.3, -0.25) is 4.79 Å². The lowest BCUT2D eigenvalue weighted by molar-refractivity contribution is -0.114. The number of allylic oxidation sites excluding steroid dienone is 3. The molecule has 6 nitrogen and oxygen atoms in total. The quantitative estimate of drug-likeness (QED) is 0.542. The summed E-state index contributed by atoms with van der Waals surface area (Å²) in [4.78, 5) is 24.6. The van der Waals surface area contributed by atoms with Crippen molar-refractivity contribution >= 4 is 23.4 Å². The molecule has 132 valence electrons. The highest BCUT2D eigenvalue weighted by atomic mass is 35.5. The minimum atomic E-state index is -0.802. The van der Waals surface area contributed by atoms with Crippen LogP contribution in [-0.4, -0.2) is 40.3 Å². The van der Waals surface area contributed by atoms with Crippen molar-refractivity contribution in [2.45, 2.75) is 38.1 Å². The Balaban J connectivity index is 2.01. The first-order valence-corrected chi connectivity index (χ1v) is 8.22. The molecule has 2 aliphatic heterocycles. The van der Waals surface area contributed by atoms with Gasteiger partial charge in [0, 0.05) is 24.5 Å². The monoisotopic (exact) mass is 364 g/mol. The number of ketones is 1. The zero-order chi connectivity index (χ0) is 18.1. The maximum absolute atomic E-state index is 12.5. The minimum absolute atomic E-state index is 0.0348. The van der Waals surface area contributed by atoms with Gasteiger partial charge in [-0.15, -0.1) is 0 Å². The fourth-order valence-electron chi connectivity index (χ4n) is 2.78.